The molecule has 0 radical (unpaired) electrons. The maximum Gasteiger partial charge on any atom is 0.351 e. The van der Waals surface area contributed by atoms with Gasteiger partial charge in [-0.25, -0.2) is 4.79 Å². The van der Waals surface area contributed by atoms with Crippen molar-refractivity contribution in [2.45, 2.75) is 19.3 Å². The van der Waals surface area contributed by atoms with Gasteiger partial charge in [-0.1, -0.05) is 5.57 Å². The first-order chi connectivity index (χ1) is 13.0. The van der Waals surface area contributed by atoms with E-state index in [0.29, 0.717) is 6.61 Å². The Kier molecular flexibility index (Phi) is 8.66. The molecular weight excluding hydrogens is 386 g/mol. The van der Waals surface area contributed by atoms with Gasteiger partial charge >= 0.3 is 5.97 Å². The van der Waals surface area contributed by atoms with Crippen LogP contribution in [0.1, 0.15) is 30.4 Å². The average molecular weight is 410 g/mol. The summed E-state index contributed by atoms with van der Waals surface area (Å²) in [5.41, 5.74) is 5.85. The maximum atomic E-state index is 9.04. The van der Waals surface area contributed by atoms with Crippen molar-refractivity contribution in [3.05, 3.63) is 50.4 Å². The Hall–Kier alpha value is -2.00. The van der Waals surface area contributed by atoms with Crippen molar-refractivity contribution in [1.82, 2.24) is 0 Å². The lowest BCUT2D eigenvalue weighted by atomic mass is 9.91. The van der Waals surface area contributed by atoms with Crippen molar-refractivity contribution in [3.63, 3.8) is 0 Å². The Bertz CT molecular complexity index is 695. The van der Waals surface area contributed by atoms with Gasteiger partial charge in [0.05, 0.1) is 19.6 Å². The number of piperidine rings is 1. The van der Waals surface area contributed by atoms with Crippen LogP contribution in [0.4, 0.5) is 0 Å². The number of thiophene rings is 2. The van der Waals surface area contributed by atoms with Gasteiger partial charge in [-0.15, -0.1) is 0 Å². The van der Waals surface area contributed by atoms with E-state index in [0.717, 1.165) is 13.0 Å². The van der Waals surface area contributed by atoms with Crippen LogP contribution in [-0.4, -0.2) is 48.4 Å². The molecule has 8 heteroatoms. The highest BCUT2D eigenvalue weighted by atomic mass is 32.1. The summed E-state index contributed by atoms with van der Waals surface area (Å²) in [6, 6.07) is 4.49. The third-order valence-corrected chi connectivity index (χ3v) is 5.76. The third-order valence-electron chi connectivity index (χ3n) is 4.40. The summed E-state index contributed by atoms with van der Waals surface area (Å²) < 4.78 is 0. The molecule has 3 heterocycles. The second-order valence-electron chi connectivity index (χ2n) is 6.17. The fraction of sp³-hybridized carbons (Fsp3) is 0.368. The van der Waals surface area contributed by atoms with Gasteiger partial charge in [0, 0.05) is 25.9 Å². The van der Waals surface area contributed by atoms with Gasteiger partial charge in [-0.2, -0.15) is 22.7 Å². The van der Waals surface area contributed by atoms with Gasteiger partial charge in [0.15, 0.2) is 5.97 Å². The molecule has 2 aromatic rings. The van der Waals surface area contributed by atoms with Crippen molar-refractivity contribution in [1.29, 1.82) is 0 Å². The van der Waals surface area contributed by atoms with Crippen molar-refractivity contribution >= 4 is 40.2 Å². The van der Waals surface area contributed by atoms with E-state index in [1.54, 1.807) is 33.1 Å². The Balaban J connectivity index is 0.000000380. The molecule has 0 unspecified atom stereocenters. The first-order valence-corrected chi connectivity index (χ1v) is 10.6. The molecule has 0 aromatic carbocycles. The van der Waals surface area contributed by atoms with Gasteiger partial charge in [0.25, 0.3) is 0 Å². The number of rotatable bonds is 5. The zero-order chi connectivity index (χ0) is 19.6. The number of hydrogen-bond acceptors (Lipinski definition) is 6. The predicted octanol–water partition coefficient (Wildman–Crippen LogP) is 0.494. The van der Waals surface area contributed by atoms with E-state index in [1.165, 1.54) is 42.6 Å². The van der Waals surface area contributed by atoms with E-state index >= 15 is 0 Å². The van der Waals surface area contributed by atoms with Crippen LogP contribution in [0.2, 0.25) is 0 Å². The zero-order valence-corrected chi connectivity index (χ0v) is 16.5. The molecule has 0 spiro atoms. The van der Waals surface area contributed by atoms with Crippen LogP contribution >= 0.6 is 22.7 Å². The van der Waals surface area contributed by atoms with Crippen LogP contribution in [0.3, 0.4) is 0 Å². The number of carbonyl (C=O) groups excluding carboxylic acids is 1. The molecule has 0 bridgehead atoms. The minimum absolute atomic E-state index is 0.321. The van der Waals surface area contributed by atoms with Gasteiger partial charge < -0.3 is 25.0 Å². The van der Waals surface area contributed by atoms with E-state index in [-0.39, 0.29) is 0 Å². The van der Waals surface area contributed by atoms with Crippen LogP contribution in [0.25, 0.3) is 5.57 Å². The molecule has 3 rings (SSSR count). The Morgan fingerprint density at radius 1 is 1.07 bits per heavy atom. The van der Waals surface area contributed by atoms with Crippen molar-refractivity contribution < 1.29 is 29.8 Å². The SMILES string of the molecule is O=C([O-])C(=O)O.OCCC[NH+]1CCC(=C(c2ccsc2)c2ccsc2)CC1. The van der Waals surface area contributed by atoms with Gasteiger partial charge in [-0.05, 0) is 50.4 Å². The van der Waals surface area contributed by atoms with Crippen LogP contribution in [0.5, 0.6) is 0 Å². The Morgan fingerprint density at radius 2 is 1.59 bits per heavy atom. The highest BCUT2D eigenvalue weighted by Crippen LogP contribution is 2.32. The number of aliphatic carboxylic acids is 2. The summed E-state index contributed by atoms with van der Waals surface area (Å²) in [6.07, 6.45) is 3.29. The van der Waals surface area contributed by atoms with E-state index in [4.69, 9.17) is 24.9 Å². The molecule has 27 heavy (non-hydrogen) atoms. The third kappa shape index (κ3) is 6.59. The number of nitrogens with one attached hydrogen (secondary N) is 1. The van der Waals surface area contributed by atoms with E-state index in [1.807, 2.05) is 0 Å². The Labute approximate surface area is 166 Å². The minimum atomic E-state index is -2.07. The minimum Gasteiger partial charge on any atom is -0.539 e. The molecule has 6 nitrogen and oxygen atoms in total. The molecule has 3 N–H and O–H groups in total. The number of hydrogen-bond donors (Lipinski definition) is 3. The number of quaternary nitrogens is 1. The second-order valence-corrected chi connectivity index (χ2v) is 7.73. The van der Waals surface area contributed by atoms with Gasteiger partial charge in [0.1, 0.15) is 0 Å². The second kappa shape index (κ2) is 11.0. The molecule has 1 fully saturated rings. The van der Waals surface area contributed by atoms with Crippen LogP contribution in [0.15, 0.2) is 39.2 Å². The summed E-state index contributed by atoms with van der Waals surface area (Å²) in [5, 5.41) is 34.2. The van der Waals surface area contributed by atoms with E-state index in [2.05, 4.69) is 33.7 Å². The van der Waals surface area contributed by atoms with Gasteiger partial charge in [-0.3, -0.25) is 0 Å². The number of likely N-dealkylation sites (tertiary alicyclic amines) is 1. The van der Waals surface area contributed by atoms with Crippen molar-refractivity contribution in [2.24, 2.45) is 0 Å². The topological polar surface area (TPSA) is 102 Å². The quantitative estimate of drug-likeness (QED) is 0.624. The van der Waals surface area contributed by atoms with Crippen molar-refractivity contribution in [2.75, 3.05) is 26.2 Å². The van der Waals surface area contributed by atoms with E-state index < -0.39 is 11.9 Å². The maximum absolute atomic E-state index is 9.04. The number of aliphatic hydroxyl groups is 1. The molecule has 0 atom stereocenters. The highest BCUT2D eigenvalue weighted by Gasteiger charge is 2.21. The summed E-state index contributed by atoms with van der Waals surface area (Å²) in [4.78, 5) is 19.7. The number of carbonyl (C=O) groups is 2. The standard InChI is InChI=1S/C17H21NOS2.C2H2O4/c19-9-1-6-18-7-2-14(3-8-18)17(15-4-10-20-12-15)16-5-11-21-13-16;3-1(4)2(5)6/h4-5,10-13,19H,1-3,6-9H2;(H,3,4)(H,5,6). The highest BCUT2D eigenvalue weighted by molar-refractivity contribution is 7.08. The number of aliphatic hydroxyl groups excluding tert-OH is 1. The largest absolute Gasteiger partial charge is 0.539 e. The molecule has 0 aliphatic carbocycles. The average Bonchev–Trinajstić information content (AvgIpc) is 3.36. The fourth-order valence-electron chi connectivity index (χ4n) is 3.12. The molecule has 1 aliphatic rings. The molecule has 1 saturated heterocycles. The first kappa shape index (κ1) is 21.3. The lowest BCUT2D eigenvalue weighted by Gasteiger charge is -2.27. The number of carboxylic acid groups (broad SMARTS) is 2. The lowest BCUT2D eigenvalue weighted by molar-refractivity contribution is -0.903. The summed E-state index contributed by atoms with van der Waals surface area (Å²) in [6.45, 7) is 3.83. The summed E-state index contributed by atoms with van der Waals surface area (Å²) in [5.74, 6) is -4.01. The van der Waals surface area contributed by atoms with Crippen LogP contribution < -0.4 is 10.0 Å². The normalized spacial score (nSPS) is 16.3. The fourth-order valence-corrected chi connectivity index (χ4v) is 4.42. The van der Waals surface area contributed by atoms with Gasteiger partial charge in [0.2, 0.25) is 0 Å². The van der Waals surface area contributed by atoms with Crippen LogP contribution in [-0.2, 0) is 9.59 Å². The lowest BCUT2D eigenvalue weighted by Crippen LogP contribution is -3.12. The Morgan fingerprint density at radius 3 is 1.96 bits per heavy atom. The molecule has 146 valence electrons. The number of carboxylic acids is 2. The summed E-state index contributed by atoms with van der Waals surface area (Å²) in [7, 11) is 0. The molecule has 1 aliphatic heterocycles. The first-order valence-electron chi connectivity index (χ1n) is 8.68. The zero-order valence-electron chi connectivity index (χ0n) is 14.8. The van der Waals surface area contributed by atoms with Crippen LogP contribution in [0, 0.1) is 0 Å². The van der Waals surface area contributed by atoms with Crippen molar-refractivity contribution in [3.8, 4) is 0 Å². The molecule has 0 saturated carbocycles. The smallest absolute Gasteiger partial charge is 0.351 e. The summed E-state index contributed by atoms with van der Waals surface area (Å²) >= 11 is 3.55. The predicted molar refractivity (Wildman–Crippen MR) is 104 cm³/mol. The monoisotopic (exact) mass is 409 g/mol. The molecule has 0 amide bonds. The molecule has 2 aromatic heterocycles. The van der Waals surface area contributed by atoms with E-state index in [9.17, 15) is 0 Å². The molecular formula is C19H23NO5S2.